The van der Waals surface area contributed by atoms with E-state index in [2.05, 4.69) is 10.6 Å². The second-order valence-corrected chi connectivity index (χ2v) is 2.33. The first-order valence-electron chi connectivity index (χ1n) is 3.05. The lowest BCUT2D eigenvalue weighted by Crippen LogP contribution is -2.21. The van der Waals surface area contributed by atoms with Crippen molar-refractivity contribution in [3.8, 4) is 0 Å². The van der Waals surface area contributed by atoms with Crippen molar-refractivity contribution >= 4 is 17.5 Å². The van der Waals surface area contributed by atoms with E-state index < -0.39 is 0 Å². The van der Waals surface area contributed by atoms with Crippen molar-refractivity contribution < 1.29 is 4.79 Å². The molecule has 0 aromatic rings. The molecule has 0 radical (unpaired) electrons. The number of halogens is 1. The molecule has 1 heterocycles. The van der Waals surface area contributed by atoms with Crippen LogP contribution in [-0.4, -0.2) is 13.0 Å². The Morgan fingerprint density at radius 3 is 2.91 bits per heavy atom. The van der Waals surface area contributed by atoms with Crippen LogP contribution in [0.3, 0.4) is 0 Å². The number of likely N-dealkylation sites (N-methyl/N-ethyl adjacent to an activating group) is 1. The summed E-state index contributed by atoms with van der Waals surface area (Å²) in [4.78, 5) is 10.3. The maximum atomic E-state index is 10.3. The minimum Gasteiger partial charge on any atom is -0.385 e. The summed E-state index contributed by atoms with van der Waals surface area (Å²) in [6.07, 6.45) is 3.25. The van der Waals surface area contributed by atoms with E-state index in [1.54, 1.807) is 25.3 Å². The first-order valence-corrected chi connectivity index (χ1v) is 3.43. The topological polar surface area (TPSA) is 41.1 Å². The summed E-state index contributed by atoms with van der Waals surface area (Å²) in [6, 6.07) is 0. The summed E-state index contributed by atoms with van der Waals surface area (Å²) in [5, 5.41) is 6.00. The zero-order valence-electron chi connectivity index (χ0n) is 5.94. The molecule has 0 fully saturated rings. The molecule has 0 amide bonds. The van der Waals surface area contributed by atoms with Crippen LogP contribution in [0, 0.1) is 0 Å². The van der Waals surface area contributed by atoms with Crippen molar-refractivity contribution in [2.75, 3.05) is 7.05 Å². The van der Waals surface area contributed by atoms with Gasteiger partial charge in [0, 0.05) is 13.2 Å². The molecular weight excluding hydrogens is 164 g/mol. The van der Waals surface area contributed by atoms with Gasteiger partial charge in [-0.25, -0.2) is 4.79 Å². The van der Waals surface area contributed by atoms with Gasteiger partial charge in [0.15, 0.2) is 5.94 Å². The molecule has 0 bridgehead atoms. The Kier molecular flexibility index (Phi) is 2.36. The molecule has 0 unspecified atom stereocenters. The molecule has 0 aromatic carbocycles. The van der Waals surface area contributed by atoms with Crippen molar-refractivity contribution in [3.63, 3.8) is 0 Å². The van der Waals surface area contributed by atoms with Crippen LogP contribution in [0.2, 0.25) is 0 Å². The van der Waals surface area contributed by atoms with E-state index in [-0.39, 0.29) is 0 Å². The highest BCUT2D eigenvalue weighted by Crippen LogP contribution is 2.16. The van der Waals surface area contributed by atoms with Crippen LogP contribution < -0.4 is 10.6 Å². The molecule has 2 N–H and O–H groups in total. The van der Waals surface area contributed by atoms with Crippen LogP contribution >= 0.6 is 11.6 Å². The third kappa shape index (κ3) is 1.45. The largest absolute Gasteiger partial charge is 0.385 e. The molecule has 0 aromatic heterocycles. The summed E-state index contributed by atoms with van der Waals surface area (Å²) in [5.41, 5.74) is 0.907. The molecule has 0 aliphatic carbocycles. The minimum absolute atomic E-state index is 0.333. The molecule has 1 rings (SSSR count). The molecule has 1 aliphatic rings. The maximum absolute atomic E-state index is 10.3. The van der Waals surface area contributed by atoms with Gasteiger partial charge in [0.2, 0.25) is 0 Å². The Morgan fingerprint density at radius 1 is 1.73 bits per heavy atom. The van der Waals surface area contributed by atoms with Crippen LogP contribution in [0.25, 0.3) is 0 Å². The van der Waals surface area contributed by atoms with Gasteiger partial charge in [0.25, 0.3) is 0 Å². The van der Waals surface area contributed by atoms with E-state index in [4.69, 9.17) is 11.6 Å². The SMILES string of the molecule is CNC1=C(Cl)C=CNC1=C=O. The number of allylic oxidation sites excluding steroid dienone is 2. The molecule has 4 heteroatoms. The van der Waals surface area contributed by atoms with Crippen LogP contribution in [0.1, 0.15) is 0 Å². The number of dihydropyridines is 1. The smallest absolute Gasteiger partial charge is 0.152 e. The zero-order valence-corrected chi connectivity index (χ0v) is 6.70. The lowest BCUT2D eigenvalue weighted by atomic mass is 10.2. The molecule has 3 nitrogen and oxygen atoms in total. The number of rotatable bonds is 1. The summed E-state index contributed by atoms with van der Waals surface area (Å²) >= 11 is 5.75. The Hall–Kier alpha value is -1.18. The predicted octanol–water partition coefficient (Wildman–Crippen LogP) is 0.489. The highest BCUT2D eigenvalue weighted by atomic mass is 35.5. The van der Waals surface area contributed by atoms with Crippen molar-refractivity contribution in [3.05, 3.63) is 28.7 Å². The zero-order chi connectivity index (χ0) is 8.27. The van der Waals surface area contributed by atoms with Gasteiger partial charge in [-0.3, -0.25) is 0 Å². The van der Waals surface area contributed by atoms with Gasteiger partial charge in [-0.15, -0.1) is 0 Å². The fourth-order valence-corrected chi connectivity index (χ4v) is 1.05. The third-order valence-corrected chi connectivity index (χ3v) is 1.61. The Balaban J connectivity index is 3.09. The standard InChI is InChI=1S/C7H7ClN2O/c1-9-7-5(8)2-3-10-6(7)4-11/h2-3,9-10H,1H3. The van der Waals surface area contributed by atoms with Crippen molar-refractivity contribution in [1.29, 1.82) is 0 Å². The minimum atomic E-state index is 0.333. The maximum Gasteiger partial charge on any atom is 0.152 e. The molecule has 58 valence electrons. The average molecular weight is 171 g/mol. The Labute approximate surface area is 69.4 Å². The van der Waals surface area contributed by atoms with Crippen molar-refractivity contribution in [2.45, 2.75) is 0 Å². The molecule has 11 heavy (non-hydrogen) atoms. The highest BCUT2D eigenvalue weighted by molar-refractivity contribution is 6.32. The fourth-order valence-electron chi connectivity index (χ4n) is 0.798. The van der Waals surface area contributed by atoms with E-state index in [0.717, 1.165) is 0 Å². The normalized spacial score (nSPS) is 16.0. The second-order valence-electron chi connectivity index (χ2n) is 1.93. The van der Waals surface area contributed by atoms with E-state index >= 15 is 0 Å². The summed E-state index contributed by atoms with van der Waals surface area (Å²) in [5.74, 6) is 1.73. The van der Waals surface area contributed by atoms with Gasteiger partial charge < -0.3 is 10.6 Å². The quantitative estimate of drug-likeness (QED) is 0.563. The third-order valence-electron chi connectivity index (χ3n) is 1.30. The van der Waals surface area contributed by atoms with Crippen molar-refractivity contribution in [1.82, 2.24) is 10.6 Å². The van der Waals surface area contributed by atoms with Crippen LogP contribution in [-0.2, 0) is 4.79 Å². The van der Waals surface area contributed by atoms with Crippen LogP contribution in [0.5, 0.6) is 0 Å². The average Bonchev–Trinajstić information content (AvgIpc) is 2.04. The number of nitrogens with one attached hydrogen (secondary N) is 2. The fraction of sp³-hybridized carbons (Fsp3) is 0.143. The first-order chi connectivity index (χ1) is 5.29. The van der Waals surface area contributed by atoms with E-state index in [9.17, 15) is 4.79 Å². The lowest BCUT2D eigenvalue weighted by Gasteiger charge is -2.12. The summed E-state index contributed by atoms with van der Waals surface area (Å²) < 4.78 is 0. The van der Waals surface area contributed by atoms with Gasteiger partial charge in [-0.1, -0.05) is 11.6 Å². The van der Waals surface area contributed by atoms with E-state index in [0.29, 0.717) is 16.4 Å². The Bertz CT molecular complexity index is 274. The molecular formula is C7H7ClN2O. The monoisotopic (exact) mass is 170 g/mol. The van der Waals surface area contributed by atoms with Gasteiger partial charge in [0.1, 0.15) is 5.70 Å². The van der Waals surface area contributed by atoms with E-state index in [1.165, 1.54) is 0 Å². The molecule has 0 atom stereocenters. The number of hydrogen-bond donors (Lipinski definition) is 2. The number of carbonyl (C=O) groups excluding carboxylic acids is 1. The van der Waals surface area contributed by atoms with Crippen LogP contribution in [0.15, 0.2) is 28.7 Å². The highest BCUT2D eigenvalue weighted by Gasteiger charge is 2.10. The molecule has 0 saturated carbocycles. The van der Waals surface area contributed by atoms with Gasteiger partial charge in [0.05, 0.1) is 10.7 Å². The first kappa shape index (κ1) is 7.92. The van der Waals surface area contributed by atoms with Crippen molar-refractivity contribution in [2.24, 2.45) is 0 Å². The Morgan fingerprint density at radius 2 is 2.45 bits per heavy atom. The van der Waals surface area contributed by atoms with Crippen LogP contribution in [0.4, 0.5) is 0 Å². The lowest BCUT2D eigenvalue weighted by molar-refractivity contribution is 0.565. The summed E-state index contributed by atoms with van der Waals surface area (Å²) in [7, 11) is 1.69. The number of hydrogen-bond acceptors (Lipinski definition) is 3. The molecule has 0 saturated heterocycles. The predicted molar refractivity (Wildman–Crippen MR) is 43.4 cm³/mol. The van der Waals surface area contributed by atoms with Gasteiger partial charge >= 0.3 is 0 Å². The molecule has 1 aliphatic heterocycles. The molecule has 0 spiro atoms. The summed E-state index contributed by atoms with van der Waals surface area (Å²) in [6.45, 7) is 0. The van der Waals surface area contributed by atoms with Gasteiger partial charge in [-0.2, -0.15) is 0 Å². The van der Waals surface area contributed by atoms with Gasteiger partial charge in [-0.05, 0) is 6.08 Å². The second kappa shape index (κ2) is 3.28. The van der Waals surface area contributed by atoms with E-state index in [1.807, 2.05) is 0 Å².